The average Bonchev–Trinajstić information content (AvgIpc) is 2.90. The van der Waals surface area contributed by atoms with Crippen LogP contribution in [-0.4, -0.2) is 29.1 Å². The van der Waals surface area contributed by atoms with Gasteiger partial charge in [0.15, 0.2) is 0 Å². The molecule has 1 aliphatic heterocycles. The second-order valence-corrected chi connectivity index (χ2v) is 5.99. The van der Waals surface area contributed by atoms with Crippen LogP contribution >= 0.6 is 15.9 Å². The summed E-state index contributed by atoms with van der Waals surface area (Å²) in [6.45, 7) is 3.01. The van der Waals surface area contributed by atoms with Crippen LogP contribution in [0.2, 0.25) is 0 Å². The Morgan fingerprint density at radius 1 is 1.25 bits per heavy atom. The van der Waals surface area contributed by atoms with Gasteiger partial charge in [0.1, 0.15) is 11.9 Å². The van der Waals surface area contributed by atoms with E-state index >= 15 is 0 Å². The van der Waals surface area contributed by atoms with Gasteiger partial charge in [-0.05, 0) is 42.3 Å². The van der Waals surface area contributed by atoms with Crippen LogP contribution in [0.4, 0.5) is 0 Å². The third kappa shape index (κ3) is 3.58. The number of halogens is 1. The molecular weight excluding hydrogens is 316 g/mol. The number of aromatic nitrogens is 1. The molecule has 1 saturated heterocycles. The van der Waals surface area contributed by atoms with Crippen LogP contribution in [-0.2, 0) is 6.54 Å². The lowest BCUT2D eigenvalue weighted by Crippen LogP contribution is -2.24. The first kappa shape index (κ1) is 13.6. The normalized spacial score (nSPS) is 19.1. The van der Waals surface area contributed by atoms with Crippen LogP contribution in [0.5, 0.6) is 5.75 Å². The molecule has 20 heavy (non-hydrogen) atoms. The maximum atomic E-state index is 6.02. The topological polar surface area (TPSA) is 25.4 Å². The molecule has 1 unspecified atom stereocenters. The molecule has 0 aliphatic carbocycles. The predicted octanol–water partition coefficient (Wildman–Crippen LogP) is 3.50. The molecule has 3 rings (SSSR count). The number of hydrogen-bond acceptors (Lipinski definition) is 3. The lowest BCUT2D eigenvalue weighted by Gasteiger charge is -2.16. The minimum atomic E-state index is 0.285. The molecule has 0 saturated carbocycles. The van der Waals surface area contributed by atoms with Crippen molar-refractivity contribution in [2.24, 2.45) is 0 Å². The molecule has 2 heterocycles. The molecule has 0 spiro atoms. The monoisotopic (exact) mass is 332 g/mol. The molecule has 1 aliphatic rings. The molecule has 3 nitrogen and oxygen atoms in total. The first-order chi connectivity index (χ1) is 9.79. The van der Waals surface area contributed by atoms with Crippen LogP contribution in [0.15, 0.2) is 53.3 Å². The van der Waals surface area contributed by atoms with E-state index in [2.05, 4.69) is 31.9 Å². The zero-order valence-electron chi connectivity index (χ0n) is 11.2. The molecule has 0 radical (unpaired) electrons. The van der Waals surface area contributed by atoms with Crippen molar-refractivity contribution in [2.75, 3.05) is 13.1 Å². The van der Waals surface area contributed by atoms with Crippen molar-refractivity contribution < 1.29 is 4.74 Å². The third-order valence-corrected chi connectivity index (χ3v) is 4.00. The van der Waals surface area contributed by atoms with Gasteiger partial charge in [-0.25, -0.2) is 0 Å². The maximum Gasteiger partial charge on any atom is 0.119 e. The van der Waals surface area contributed by atoms with E-state index in [0.717, 1.165) is 36.3 Å². The number of pyridine rings is 1. The molecule has 0 amide bonds. The number of hydrogen-bond donors (Lipinski definition) is 0. The summed E-state index contributed by atoms with van der Waals surface area (Å²) in [7, 11) is 0. The highest BCUT2D eigenvalue weighted by Gasteiger charge is 2.23. The second-order valence-electron chi connectivity index (χ2n) is 5.08. The van der Waals surface area contributed by atoms with E-state index in [9.17, 15) is 0 Å². The summed E-state index contributed by atoms with van der Waals surface area (Å²) >= 11 is 3.44. The number of ether oxygens (including phenoxy) is 1. The third-order valence-electron chi connectivity index (χ3n) is 3.47. The number of benzene rings is 1. The Bertz CT molecular complexity index is 544. The highest BCUT2D eigenvalue weighted by atomic mass is 79.9. The Kier molecular flexibility index (Phi) is 4.33. The Morgan fingerprint density at radius 3 is 2.85 bits per heavy atom. The van der Waals surface area contributed by atoms with Gasteiger partial charge in [0.2, 0.25) is 0 Å². The smallest absolute Gasteiger partial charge is 0.119 e. The molecule has 1 atom stereocenters. The lowest BCUT2D eigenvalue weighted by molar-refractivity contribution is 0.198. The Hall–Kier alpha value is -1.39. The van der Waals surface area contributed by atoms with Crippen LogP contribution < -0.4 is 4.74 Å². The van der Waals surface area contributed by atoms with E-state index in [1.54, 1.807) is 0 Å². The predicted molar refractivity (Wildman–Crippen MR) is 82.7 cm³/mol. The van der Waals surface area contributed by atoms with E-state index in [-0.39, 0.29) is 6.10 Å². The van der Waals surface area contributed by atoms with E-state index in [1.165, 1.54) is 5.56 Å². The molecule has 1 aromatic carbocycles. The van der Waals surface area contributed by atoms with Crippen molar-refractivity contribution in [3.8, 4) is 5.75 Å². The standard InChI is InChI=1S/C16H17BrN2O/c17-14-3-5-15(6-4-14)20-16-7-9-19(12-16)11-13-2-1-8-18-10-13/h1-6,8,10,16H,7,9,11-12H2. The summed E-state index contributed by atoms with van der Waals surface area (Å²) in [5, 5.41) is 0. The van der Waals surface area contributed by atoms with Gasteiger partial charge in [-0.15, -0.1) is 0 Å². The number of nitrogens with zero attached hydrogens (tertiary/aromatic N) is 2. The van der Waals surface area contributed by atoms with Crippen molar-refractivity contribution in [3.05, 3.63) is 58.8 Å². The fourth-order valence-electron chi connectivity index (χ4n) is 2.49. The molecule has 4 heteroatoms. The van der Waals surface area contributed by atoms with Crippen molar-refractivity contribution in [3.63, 3.8) is 0 Å². The second kappa shape index (κ2) is 6.37. The number of likely N-dealkylation sites (tertiary alicyclic amines) is 1. The molecule has 0 bridgehead atoms. The molecule has 104 valence electrons. The first-order valence-corrected chi connectivity index (χ1v) is 7.62. The van der Waals surface area contributed by atoms with Gasteiger partial charge in [-0.3, -0.25) is 9.88 Å². The number of rotatable bonds is 4. The van der Waals surface area contributed by atoms with Gasteiger partial charge in [0.25, 0.3) is 0 Å². The lowest BCUT2D eigenvalue weighted by atomic mass is 10.3. The fourth-order valence-corrected chi connectivity index (χ4v) is 2.76. The maximum absolute atomic E-state index is 6.02. The first-order valence-electron chi connectivity index (χ1n) is 6.83. The summed E-state index contributed by atoms with van der Waals surface area (Å²) in [6.07, 6.45) is 5.11. The van der Waals surface area contributed by atoms with Gasteiger partial charge < -0.3 is 4.74 Å². The van der Waals surface area contributed by atoms with Crippen LogP contribution in [0.1, 0.15) is 12.0 Å². The summed E-state index contributed by atoms with van der Waals surface area (Å²) in [5.74, 6) is 0.946. The van der Waals surface area contributed by atoms with Crippen LogP contribution in [0.25, 0.3) is 0 Å². The highest BCUT2D eigenvalue weighted by Crippen LogP contribution is 2.21. The van der Waals surface area contributed by atoms with Gasteiger partial charge in [0.05, 0.1) is 0 Å². The zero-order chi connectivity index (χ0) is 13.8. The van der Waals surface area contributed by atoms with Crippen molar-refractivity contribution in [1.82, 2.24) is 9.88 Å². The molecule has 1 aromatic heterocycles. The minimum Gasteiger partial charge on any atom is -0.489 e. The molecule has 1 fully saturated rings. The van der Waals surface area contributed by atoms with Crippen molar-refractivity contribution in [1.29, 1.82) is 0 Å². The van der Waals surface area contributed by atoms with Gasteiger partial charge in [-0.1, -0.05) is 22.0 Å². The van der Waals surface area contributed by atoms with E-state index in [4.69, 9.17) is 4.74 Å². The summed E-state index contributed by atoms with van der Waals surface area (Å²) < 4.78 is 7.10. The Balaban J connectivity index is 1.53. The van der Waals surface area contributed by atoms with Gasteiger partial charge >= 0.3 is 0 Å². The summed E-state index contributed by atoms with van der Waals surface area (Å²) in [4.78, 5) is 6.58. The largest absolute Gasteiger partial charge is 0.489 e. The Labute approximate surface area is 127 Å². The zero-order valence-corrected chi connectivity index (χ0v) is 12.8. The summed E-state index contributed by atoms with van der Waals surface area (Å²) in [5.41, 5.74) is 1.26. The van der Waals surface area contributed by atoms with Crippen LogP contribution in [0.3, 0.4) is 0 Å². The van der Waals surface area contributed by atoms with Crippen LogP contribution in [0, 0.1) is 0 Å². The van der Waals surface area contributed by atoms with Crippen molar-refractivity contribution >= 4 is 15.9 Å². The average molecular weight is 333 g/mol. The molecule has 2 aromatic rings. The Morgan fingerprint density at radius 2 is 2.10 bits per heavy atom. The van der Waals surface area contributed by atoms with Gasteiger partial charge in [-0.2, -0.15) is 0 Å². The quantitative estimate of drug-likeness (QED) is 0.856. The van der Waals surface area contributed by atoms with E-state index in [1.807, 2.05) is 42.7 Å². The van der Waals surface area contributed by atoms with Gasteiger partial charge in [0, 0.05) is 36.5 Å². The molecular formula is C16H17BrN2O. The fraction of sp³-hybridized carbons (Fsp3) is 0.312. The van der Waals surface area contributed by atoms with E-state index < -0.39 is 0 Å². The minimum absolute atomic E-state index is 0.285. The van der Waals surface area contributed by atoms with E-state index in [0.29, 0.717) is 0 Å². The SMILES string of the molecule is Brc1ccc(OC2CCN(Cc3cccnc3)C2)cc1. The molecule has 0 N–H and O–H groups in total. The summed E-state index contributed by atoms with van der Waals surface area (Å²) in [6, 6.07) is 12.1. The van der Waals surface area contributed by atoms with Crippen molar-refractivity contribution in [2.45, 2.75) is 19.1 Å². The highest BCUT2D eigenvalue weighted by molar-refractivity contribution is 9.10.